The highest BCUT2D eigenvalue weighted by molar-refractivity contribution is 5.79. The smallest absolute Gasteiger partial charge is 0.225 e. The minimum absolute atomic E-state index is 0.214. The van der Waals surface area contributed by atoms with E-state index < -0.39 is 0 Å². The third-order valence-electron chi connectivity index (χ3n) is 5.97. The molecule has 3 heterocycles. The van der Waals surface area contributed by atoms with Gasteiger partial charge in [-0.05, 0) is 63.6 Å². The number of aryl methyl sites for hydroxylation is 1. The van der Waals surface area contributed by atoms with E-state index in [0.29, 0.717) is 17.9 Å². The molecule has 0 unspecified atom stereocenters. The molecule has 25 heavy (non-hydrogen) atoms. The zero-order valence-electron chi connectivity index (χ0n) is 15.0. The summed E-state index contributed by atoms with van der Waals surface area (Å²) in [5.41, 5.74) is 2.22. The fourth-order valence-corrected chi connectivity index (χ4v) is 4.54. The third kappa shape index (κ3) is 3.51. The van der Waals surface area contributed by atoms with Crippen LogP contribution >= 0.6 is 0 Å². The summed E-state index contributed by atoms with van der Waals surface area (Å²) >= 11 is 0. The molecular weight excluding hydrogens is 312 g/mol. The zero-order valence-corrected chi connectivity index (χ0v) is 15.0. The van der Waals surface area contributed by atoms with Crippen LogP contribution in [0.3, 0.4) is 0 Å². The van der Waals surface area contributed by atoms with Gasteiger partial charge < -0.3 is 9.47 Å². The average Bonchev–Trinajstić information content (AvgIpc) is 3.33. The molecule has 1 saturated heterocycles. The normalized spacial score (nSPS) is 27.4. The fourth-order valence-electron chi connectivity index (χ4n) is 4.54. The van der Waals surface area contributed by atoms with Crippen LogP contribution in [0.4, 0.5) is 0 Å². The van der Waals surface area contributed by atoms with E-state index in [2.05, 4.69) is 50.3 Å². The molecule has 0 aromatic carbocycles. The molecule has 1 aliphatic carbocycles. The Hall–Kier alpha value is -2.04. The first-order chi connectivity index (χ1) is 12.2. The second-order valence-corrected chi connectivity index (χ2v) is 7.73. The van der Waals surface area contributed by atoms with Crippen molar-refractivity contribution in [3.63, 3.8) is 0 Å². The molecule has 1 atom stereocenters. The van der Waals surface area contributed by atoms with E-state index in [1.807, 2.05) is 6.92 Å². The van der Waals surface area contributed by atoms with Gasteiger partial charge in [0.1, 0.15) is 0 Å². The molecule has 0 radical (unpaired) electrons. The first-order valence-corrected chi connectivity index (χ1v) is 9.64. The molecule has 134 valence electrons. The number of carbonyl (C=O) groups excluding carboxylic acids is 1. The molecule has 0 bridgehead atoms. The maximum Gasteiger partial charge on any atom is 0.225 e. The Morgan fingerprint density at radius 1 is 1.16 bits per heavy atom. The molecule has 4 rings (SSSR count). The Balaban J connectivity index is 1.35. The van der Waals surface area contributed by atoms with Crippen LogP contribution < -0.4 is 0 Å². The molecule has 5 heteroatoms. The number of hydrogen-bond acceptors (Lipinski definition) is 2. The Kier molecular flexibility index (Phi) is 4.64. The van der Waals surface area contributed by atoms with E-state index in [4.69, 9.17) is 0 Å². The highest BCUT2D eigenvalue weighted by Gasteiger charge is 2.33. The summed E-state index contributed by atoms with van der Waals surface area (Å²) in [4.78, 5) is 15.1. The summed E-state index contributed by atoms with van der Waals surface area (Å²) in [6, 6.07) is 6.87. The van der Waals surface area contributed by atoms with E-state index in [1.54, 1.807) is 0 Å². The SMILES string of the molecule is Cc1cc([C@H]2CCCN(C(=O)C3CCC(n4cccc4)CC3)C2)n[nH]1. The minimum Gasteiger partial charge on any atom is -0.351 e. The van der Waals surface area contributed by atoms with Crippen molar-refractivity contribution in [2.75, 3.05) is 13.1 Å². The predicted octanol–water partition coefficient (Wildman–Crippen LogP) is 3.66. The largest absolute Gasteiger partial charge is 0.351 e. The van der Waals surface area contributed by atoms with Crippen molar-refractivity contribution in [2.24, 2.45) is 5.92 Å². The lowest BCUT2D eigenvalue weighted by molar-refractivity contribution is -0.138. The molecule has 1 N–H and O–H groups in total. The molecular formula is C20H28N4O. The van der Waals surface area contributed by atoms with Gasteiger partial charge in [0.05, 0.1) is 5.69 Å². The highest BCUT2D eigenvalue weighted by Crippen LogP contribution is 2.34. The van der Waals surface area contributed by atoms with Gasteiger partial charge in [-0.3, -0.25) is 9.89 Å². The average molecular weight is 340 g/mol. The highest BCUT2D eigenvalue weighted by atomic mass is 16.2. The molecule has 1 aliphatic heterocycles. The lowest BCUT2D eigenvalue weighted by Crippen LogP contribution is -2.43. The van der Waals surface area contributed by atoms with Gasteiger partial charge in [-0.2, -0.15) is 5.10 Å². The number of H-pyrrole nitrogens is 1. The Morgan fingerprint density at radius 3 is 2.60 bits per heavy atom. The van der Waals surface area contributed by atoms with Crippen LogP contribution in [0.15, 0.2) is 30.6 Å². The monoisotopic (exact) mass is 340 g/mol. The van der Waals surface area contributed by atoms with Gasteiger partial charge >= 0.3 is 0 Å². The molecule has 2 aliphatic rings. The fraction of sp³-hybridized carbons (Fsp3) is 0.600. The Bertz CT molecular complexity index is 697. The number of nitrogens with one attached hydrogen (secondary N) is 1. The van der Waals surface area contributed by atoms with Gasteiger partial charge in [0.25, 0.3) is 0 Å². The molecule has 2 aromatic rings. The van der Waals surface area contributed by atoms with Crippen LogP contribution in [0.2, 0.25) is 0 Å². The van der Waals surface area contributed by atoms with Crippen LogP contribution in [0.25, 0.3) is 0 Å². The third-order valence-corrected chi connectivity index (χ3v) is 5.97. The number of carbonyl (C=O) groups is 1. The second kappa shape index (κ2) is 7.06. The number of hydrogen-bond donors (Lipinski definition) is 1. The summed E-state index contributed by atoms with van der Waals surface area (Å²) in [5.74, 6) is 0.980. The van der Waals surface area contributed by atoms with E-state index >= 15 is 0 Å². The minimum atomic E-state index is 0.214. The van der Waals surface area contributed by atoms with Crippen molar-refractivity contribution in [2.45, 2.75) is 57.4 Å². The molecule has 2 fully saturated rings. The lowest BCUT2D eigenvalue weighted by atomic mass is 9.84. The number of aromatic amines is 1. The zero-order chi connectivity index (χ0) is 17.2. The van der Waals surface area contributed by atoms with Gasteiger partial charge in [0.15, 0.2) is 0 Å². The van der Waals surface area contributed by atoms with Crippen LogP contribution in [0.1, 0.15) is 61.9 Å². The first kappa shape index (κ1) is 16.4. The van der Waals surface area contributed by atoms with Crippen molar-refractivity contribution in [3.05, 3.63) is 42.0 Å². The summed E-state index contributed by atoms with van der Waals surface area (Å²) in [7, 11) is 0. The molecule has 1 saturated carbocycles. The first-order valence-electron chi connectivity index (χ1n) is 9.64. The van der Waals surface area contributed by atoms with E-state index in [1.165, 1.54) is 0 Å². The van der Waals surface area contributed by atoms with E-state index in [0.717, 1.165) is 63.0 Å². The van der Waals surface area contributed by atoms with E-state index in [-0.39, 0.29) is 5.92 Å². The topological polar surface area (TPSA) is 53.9 Å². The Morgan fingerprint density at radius 2 is 1.92 bits per heavy atom. The number of piperidine rings is 1. The van der Waals surface area contributed by atoms with Crippen LogP contribution in [0.5, 0.6) is 0 Å². The van der Waals surface area contributed by atoms with Gasteiger partial charge in [-0.15, -0.1) is 0 Å². The number of nitrogens with zero attached hydrogens (tertiary/aromatic N) is 3. The standard InChI is InChI=1S/C20H28N4O/c1-15-13-19(22-21-15)17-5-4-12-24(14-17)20(25)16-6-8-18(9-7-16)23-10-2-3-11-23/h2-3,10-11,13,16-18H,4-9,12,14H2,1H3,(H,21,22)/t16?,17-,18?/m0/s1. The number of aromatic nitrogens is 3. The van der Waals surface area contributed by atoms with Gasteiger partial charge in [0, 0.05) is 49.1 Å². The van der Waals surface area contributed by atoms with Crippen molar-refractivity contribution >= 4 is 5.91 Å². The quantitative estimate of drug-likeness (QED) is 0.927. The number of amides is 1. The molecule has 1 amide bonds. The van der Waals surface area contributed by atoms with Gasteiger partial charge in [0.2, 0.25) is 5.91 Å². The second-order valence-electron chi connectivity index (χ2n) is 7.73. The number of likely N-dealkylation sites (tertiary alicyclic amines) is 1. The van der Waals surface area contributed by atoms with Crippen molar-refractivity contribution < 1.29 is 4.79 Å². The lowest BCUT2D eigenvalue weighted by Gasteiger charge is -2.36. The van der Waals surface area contributed by atoms with Gasteiger partial charge in [-0.1, -0.05) is 0 Å². The van der Waals surface area contributed by atoms with Crippen molar-refractivity contribution in [1.82, 2.24) is 19.7 Å². The van der Waals surface area contributed by atoms with Crippen LogP contribution in [-0.4, -0.2) is 38.7 Å². The van der Waals surface area contributed by atoms with Crippen molar-refractivity contribution in [3.8, 4) is 0 Å². The maximum atomic E-state index is 13.0. The van der Waals surface area contributed by atoms with E-state index in [9.17, 15) is 4.79 Å². The van der Waals surface area contributed by atoms with Crippen LogP contribution in [0, 0.1) is 12.8 Å². The summed E-state index contributed by atoms with van der Waals surface area (Å²) in [5, 5.41) is 7.45. The summed E-state index contributed by atoms with van der Waals surface area (Å²) in [6.07, 6.45) is 10.8. The maximum absolute atomic E-state index is 13.0. The Labute approximate surface area is 149 Å². The molecule has 0 spiro atoms. The number of rotatable bonds is 3. The predicted molar refractivity (Wildman–Crippen MR) is 97.3 cm³/mol. The molecule has 5 nitrogen and oxygen atoms in total. The van der Waals surface area contributed by atoms with Crippen LogP contribution in [-0.2, 0) is 4.79 Å². The summed E-state index contributed by atoms with van der Waals surface area (Å²) < 4.78 is 2.30. The van der Waals surface area contributed by atoms with Gasteiger partial charge in [-0.25, -0.2) is 0 Å². The molecule has 2 aromatic heterocycles. The summed E-state index contributed by atoms with van der Waals surface area (Å²) in [6.45, 7) is 3.78. The van der Waals surface area contributed by atoms with Crippen molar-refractivity contribution in [1.29, 1.82) is 0 Å².